The van der Waals surface area contributed by atoms with Crippen molar-refractivity contribution in [3.63, 3.8) is 0 Å². The Morgan fingerprint density at radius 1 is 1.20 bits per heavy atom. The largest absolute Gasteiger partial charge is 0.387 e. The second kappa shape index (κ2) is 6.71. The van der Waals surface area contributed by atoms with Crippen LogP contribution in [0.3, 0.4) is 0 Å². The number of ether oxygens (including phenoxy) is 1. The van der Waals surface area contributed by atoms with E-state index in [1.165, 1.54) is 0 Å². The van der Waals surface area contributed by atoms with E-state index < -0.39 is 5.60 Å². The number of likely N-dealkylation sites (tertiary alicyclic amines) is 1. The molecule has 1 aromatic carbocycles. The number of fused-ring (bicyclic) bond motifs is 1. The summed E-state index contributed by atoms with van der Waals surface area (Å²) in [6.07, 6.45) is 2.34. The van der Waals surface area contributed by atoms with Crippen LogP contribution in [0.25, 0.3) is 10.9 Å². The van der Waals surface area contributed by atoms with Gasteiger partial charge in [0.15, 0.2) is 0 Å². The number of carbonyl (C=O) groups excluding carboxylic acids is 1. The molecule has 1 atom stereocenters. The molecule has 1 aromatic heterocycles. The first-order valence-electron chi connectivity index (χ1n) is 8.80. The number of hydrogen-bond donors (Lipinski definition) is 1. The van der Waals surface area contributed by atoms with E-state index in [-0.39, 0.29) is 5.91 Å². The SMILES string of the molecule is O=C(c1cccc2ncccc12)N1CCC(O)(CN2CCOCC2)C1. The minimum Gasteiger partial charge on any atom is -0.387 e. The van der Waals surface area contributed by atoms with E-state index in [9.17, 15) is 9.90 Å². The molecule has 0 radical (unpaired) electrons. The third-order valence-corrected chi connectivity index (χ3v) is 5.12. The average Bonchev–Trinajstić information content (AvgIpc) is 3.03. The first kappa shape index (κ1) is 16.4. The lowest BCUT2D eigenvalue weighted by Gasteiger charge is -2.33. The Balaban J connectivity index is 1.49. The summed E-state index contributed by atoms with van der Waals surface area (Å²) in [7, 11) is 0. The average molecular weight is 341 g/mol. The Hall–Kier alpha value is -2.02. The summed E-state index contributed by atoms with van der Waals surface area (Å²) in [4.78, 5) is 21.3. The van der Waals surface area contributed by atoms with Crippen LogP contribution in [-0.2, 0) is 4.74 Å². The van der Waals surface area contributed by atoms with E-state index in [0.29, 0.717) is 44.8 Å². The van der Waals surface area contributed by atoms with Gasteiger partial charge in [-0.2, -0.15) is 0 Å². The van der Waals surface area contributed by atoms with Crippen LogP contribution >= 0.6 is 0 Å². The molecule has 0 spiro atoms. The van der Waals surface area contributed by atoms with Gasteiger partial charge in [0, 0.05) is 43.3 Å². The summed E-state index contributed by atoms with van der Waals surface area (Å²) < 4.78 is 5.36. The number of pyridine rings is 1. The third kappa shape index (κ3) is 3.38. The lowest BCUT2D eigenvalue weighted by Crippen LogP contribution is -2.49. The van der Waals surface area contributed by atoms with Gasteiger partial charge >= 0.3 is 0 Å². The maximum absolute atomic E-state index is 13.0. The lowest BCUT2D eigenvalue weighted by atomic mass is 10.0. The maximum Gasteiger partial charge on any atom is 0.254 e. The molecule has 6 nitrogen and oxygen atoms in total. The summed E-state index contributed by atoms with van der Waals surface area (Å²) in [5, 5.41) is 11.8. The second-order valence-corrected chi connectivity index (χ2v) is 6.97. The van der Waals surface area contributed by atoms with E-state index in [2.05, 4.69) is 9.88 Å². The molecule has 2 aromatic rings. The molecule has 2 aliphatic rings. The highest BCUT2D eigenvalue weighted by atomic mass is 16.5. The minimum absolute atomic E-state index is 0.0310. The van der Waals surface area contributed by atoms with Crippen LogP contribution in [0.5, 0.6) is 0 Å². The maximum atomic E-state index is 13.0. The van der Waals surface area contributed by atoms with Gasteiger partial charge in [0.1, 0.15) is 0 Å². The van der Waals surface area contributed by atoms with E-state index in [0.717, 1.165) is 24.0 Å². The molecule has 6 heteroatoms. The first-order valence-corrected chi connectivity index (χ1v) is 8.80. The summed E-state index contributed by atoms with van der Waals surface area (Å²) in [6.45, 7) is 4.65. The van der Waals surface area contributed by atoms with Gasteiger partial charge in [-0.3, -0.25) is 14.7 Å². The van der Waals surface area contributed by atoms with E-state index in [4.69, 9.17) is 4.74 Å². The van der Waals surface area contributed by atoms with Crippen molar-refractivity contribution < 1.29 is 14.6 Å². The van der Waals surface area contributed by atoms with Crippen LogP contribution in [0.1, 0.15) is 16.8 Å². The van der Waals surface area contributed by atoms with Crippen LogP contribution in [0.15, 0.2) is 36.5 Å². The number of morpholine rings is 1. The molecule has 1 N–H and O–H groups in total. The molecule has 25 heavy (non-hydrogen) atoms. The zero-order chi connectivity index (χ0) is 17.3. The van der Waals surface area contributed by atoms with Crippen molar-refractivity contribution in [1.82, 2.24) is 14.8 Å². The predicted molar refractivity (Wildman–Crippen MR) is 94.5 cm³/mol. The van der Waals surface area contributed by atoms with Crippen LogP contribution in [-0.4, -0.2) is 77.3 Å². The quantitative estimate of drug-likeness (QED) is 0.907. The molecule has 3 heterocycles. The fourth-order valence-electron chi connectivity index (χ4n) is 3.79. The number of aromatic nitrogens is 1. The molecule has 1 amide bonds. The van der Waals surface area contributed by atoms with E-state index >= 15 is 0 Å². The van der Waals surface area contributed by atoms with Crippen molar-refractivity contribution in [3.05, 3.63) is 42.1 Å². The molecular formula is C19H23N3O3. The highest BCUT2D eigenvalue weighted by Crippen LogP contribution is 2.26. The number of rotatable bonds is 3. The van der Waals surface area contributed by atoms with Gasteiger partial charge in [0.2, 0.25) is 0 Å². The van der Waals surface area contributed by atoms with Crippen LogP contribution in [0.2, 0.25) is 0 Å². The number of nitrogens with zero attached hydrogens (tertiary/aromatic N) is 3. The molecule has 0 bridgehead atoms. The number of benzene rings is 1. The fraction of sp³-hybridized carbons (Fsp3) is 0.474. The Kier molecular flexibility index (Phi) is 4.41. The lowest BCUT2D eigenvalue weighted by molar-refractivity contribution is -0.0257. The second-order valence-electron chi connectivity index (χ2n) is 6.97. The number of hydrogen-bond acceptors (Lipinski definition) is 5. The van der Waals surface area contributed by atoms with E-state index in [1.807, 2.05) is 30.3 Å². The van der Waals surface area contributed by atoms with Gasteiger partial charge in [0.05, 0.1) is 30.9 Å². The van der Waals surface area contributed by atoms with Crippen LogP contribution in [0, 0.1) is 0 Å². The topological polar surface area (TPSA) is 65.9 Å². The van der Waals surface area contributed by atoms with Crippen molar-refractivity contribution >= 4 is 16.8 Å². The Morgan fingerprint density at radius 2 is 2.04 bits per heavy atom. The Labute approximate surface area is 147 Å². The molecule has 4 rings (SSSR count). The molecule has 2 saturated heterocycles. The zero-order valence-electron chi connectivity index (χ0n) is 14.2. The predicted octanol–water partition coefficient (Wildman–Crippen LogP) is 1.14. The normalized spacial score (nSPS) is 24.8. The molecular weight excluding hydrogens is 318 g/mol. The number of aliphatic hydroxyl groups is 1. The summed E-state index contributed by atoms with van der Waals surface area (Å²) in [6, 6.07) is 9.37. The van der Waals surface area contributed by atoms with Gasteiger partial charge in [-0.1, -0.05) is 12.1 Å². The smallest absolute Gasteiger partial charge is 0.254 e. The highest BCUT2D eigenvalue weighted by molar-refractivity contribution is 6.06. The van der Waals surface area contributed by atoms with Crippen LogP contribution < -0.4 is 0 Å². The van der Waals surface area contributed by atoms with Gasteiger partial charge < -0.3 is 14.7 Å². The molecule has 0 saturated carbocycles. The Bertz CT molecular complexity index is 770. The van der Waals surface area contributed by atoms with Crippen molar-refractivity contribution in [1.29, 1.82) is 0 Å². The minimum atomic E-state index is -0.837. The summed E-state index contributed by atoms with van der Waals surface area (Å²) in [5.41, 5.74) is 0.632. The Morgan fingerprint density at radius 3 is 2.88 bits per heavy atom. The highest BCUT2D eigenvalue weighted by Gasteiger charge is 2.40. The molecule has 2 aliphatic heterocycles. The monoisotopic (exact) mass is 341 g/mol. The van der Waals surface area contributed by atoms with Crippen molar-refractivity contribution in [2.75, 3.05) is 45.9 Å². The third-order valence-electron chi connectivity index (χ3n) is 5.12. The first-order chi connectivity index (χ1) is 12.1. The van der Waals surface area contributed by atoms with Gasteiger partial charge in [0.25, 0.3) is 5.91 Å². The summed E-state index contributed by atoms with van der Waals surface area (Å²) in [5.74, 6) is -0.0310. The zero-order valence-corrected chi connectivity index (χ0v) is 14.2. The van der Waals surface area contributed by atoms with Gasteiger partial charge in [-0.25, -0.2) is 0 Å². The van der Waals surface area contributed by atoms with Gasteiger partial charge in [-0.15, -0.1) is 0 Å². The standard InChI is InChI=1S/C19H23N3O3/c23-18(16-3-1-5-17-15(16)4-2-7-20-17)22-8-6-19(24,14-22)13-21-9-11-25-12-10-21/h1-5,7,24H,6,8-14H2. The molecule has 1 unspecified atom stereocenters. The van der Waals surface area contributed by atoms with Crippen molar-refractivity contribution in [3.8, 4) is 0 Å². The van der Waals surface area contributed by atoms with Gasteiger partial charge in [-0.05, 0) is 24.6 Å². The number of carbonyl (C=O) groups is 1. The molecule has 0 aliphatic carbocycles. The number of amides is 1. The fourth-order valence-corrected chi connectivity index (χ4v) is 3.79. The van der Waals surface area contributed by atoms with Crippen molar-refractivity contribution in [2.24, 2.45) is 0 Å². The summed E-state index contributed by atoms with van der Waals surface area (Å²) >= 11 is 0. The van der Waals surface area contributed by atoms with Crippen LogP contribution in [0.4, 0.5) is 0 Å². The molecule has 2 fully saturated rings. The van der Waals surface area contributed by atoms with Crippen molar-refractivity contribution in [2.45, 2.75) is 12.0 Å². The molecule has 132 valence electrons. The number of β-amino-alcohol motifs (C(OH)–C–C–N with tert-alkyl or cyclic N) is 1. The van der Waals surface area contributed by atoms with E-state index in [1.54, 1.807) is 11.1 Å².